The topological polar surface area (TPSA) is 50.1 Å². The Balaban J connectivity index is 2.82. The average Bonchev–Trinajstić information content (AvgIpc) is 1.66. The van der Waals surface area contributed by atoms with E-state index in [1.807, 2.05) is 6.92 Å². The molecule has 0 rings (SSSR count). The Hall–Kier alpha value is 0.0700. The smallest absolute Gasteiger partial charge is 0.249 e. The van der Waals surface area contributed by atoms with Gasteiger partial charge in [-0.2, -0.15) is 0 Å². The minimum atomic E-state index is -1.82. The third-order valence-corrected chi connectivity index (χ3v) is 1.07. The largest absolute Gasteiger partial charge is 0.277 e. The van der Waals surface area contributed by atoms with Crippen molar-refractivity contribution in [2.24, 2.45) is 0 Å². The summed E-state index contributed by atoms with van der Waals surface area (Å²) in [5, 5.41) is 6.41. The van der Waals surface area contributed by atoms with Crippen molar-refractivity contribution in [2.45, 2.75) is 19.8 Å². The molecule has 1 atom stereocenters. The van der Waals surface area contributed by atoms with Crippen molar-refractivity contribution in [3.8, 4) is 0 Å². The van der Waals surface area contributed by atoms with Gasteiger partial charge in [0.1, 0.15) is 0 Å². The maximum Gasteiger partial charge on any atom is 0.249 e. The minimum absolute atomic E-state index is 0.437. The lowest BCUT2D eigenvalue weighted by atomic mass is 10.4. The van der Waals surface area contributed by atoms with Crippen LogP contribution in [0.4, 0.5) is 0 Å². The zero-order valence-electron chi connectivity index (χ0n) is 4.85. The second kappa shape index (κ2) is 5.21. The van der Waals surface area contributed by atoms with Crippen LogP contribution in [0.3, 0.4) is 0 Å². The van der Waals surface area contributed by atoms with Crippen LogP contribution in [0.5, 0.6) is 0 Å². The minimum Gasteiger partial charge on any atom is -0.277 e. The summed E-state index contributed by atoms with van der Waals surface area (Å²) in [7, 11) is 0. The van der Waals surface area contributed by atoms with E-state index in [0.29, 0.717) is 6.61 Å². The lowest BCUT2D eigenvalue weighted by Gasteiger charge is -1.92. The van der Waals surface area contributed by atoms with E-state index in [0.717, 1.165) is 12.8 Å². The van der Waals surface area contributed by atoms with Crippen LogP contribution in [0, 0.1) is 0 Å². The number of rotatable bonds is 4. The Labute approximate surface area is 52.0 Å². The molecule has 1 unspecified atom stereocenters. The zero-order valence-corrected chi connectivity index (χ0v) is 5.66. The van der Waals surface area contributed by atoms with Gasteiger partial charge in [-0.1, -0.05) is 13.3 Å². The molecular weight excluding hydrogens is 126 g/mol. The third kappa shape index (κ3) is 6.07. The Kier molecular flexibility index (Phi) is 5.26. The maximum absolute atomic E-state index is 9.87. The van der Waals surface area contributed by atoms with Gasteiger partial charge < -0.3 is 0 Å². The monoisotopic (exact) mass is 136 g/mol. The second-order valence-corrected chi connectivity index (χ2v) is 2.12. The van der Waals surface area contributed by atoms with Gasteiger partial charge in [-0.3, -0.25) is 4.18 Å². The predicted molar refractivity (Wildman–Crippen MR) is 32.1 cm³/mol. The third-order valence-electron chi connectivity index (χ3n) is 0.688. The summed E-state index contributed by atoms with van der Waals surface area (Å²) in [4.78, 5) is 0. The van der Waals surface area contributed by atoms with E-state index in [2.05, 4.69) is 4.18 Å². The van der Waals surface area contributed by atoms with Crippen molar-refractivity contribution in [3.63, 3.8) is 0 Å². The molecule has 0 amide bonds. The summed E-state index contributed by atoms with van der Waals surface area (Å²) in [5.41, 5.74) is 0. The van der Waals surface area contributed by atoms with Crippen LogP contribution in [0.1, 0.15) is 19.8 Å². The molecule has 0 spiro atoms. The van der Waals surface area contributed by atoms with Crippen molar-refractivity contribution in [1.29, 1.82) is 0 Å². The van der Waals surface area contributed by atoms with Gasteiger partial charge in [0.05, 0.1) is 6.61 Å². The van der Waals surface area contributed by atoms with Gasteiger partial charge in [0.15, 0.2) is 0 Å². The molecule has 0 aromatic heterocycles. The molecule has 0 saturated carbocycles. The number of nitrogens with one attached hydrogen (secondary N) is 1. The van der Waals surface area contributed by atoms with E-state index in [-0.39, 0.29) is 0 Å². The Morgan fingerprint density at radius 1 is 1.75 bits per heavy atom. The molecule has 0 aromatic rings. The van der Waals surface area contributed by atoms with Gasteiger partial charge in [-0.15, -0.1) is 5.14 Å². The molecule has 1 N–H and O–H groups in total. The summed E-state index contributed by atoms with van der Waals surface area (Å²) < 4.78 is 14.3. The molecule has 49 valence electrons. The van der Waals surface area contributed by atoms with Crippen LogP contribution >= 0.6 is 0 Å². The number of unbranched alkanes of at least 4 members (excludes halogenated alkanes) is 1. The molecule has 8 heavy (non-hydrogen) atoms. The molecule has 0 heterocycles. The van der Waals surface area contributed by atoms with Crippen molar-refractivity contribution in [2.75, 3.05) is 6.61 Å². The summed E-state index contributed by atoms with van der Waals surface area (Å²) in [6, 6.07) is 0. The standard InChI is InChI=1S/C4H10NO2S/c1-2-3-4-7-8(5)6/h5H,2-4H2,1H3. The average molecular weight is 136 g/mol. The first-order valence-corrected chi connectivity index (χ1v) is 3.61. The lowest BCUT2D eigenvalue weighted by Crippen LogP contribution is -1.97. The van der Waals surface area contributed by atoms with Crippen molar-refractivity contribution < 1.29 is 8.39 Å². The van der Waals surface area contributed by atoms with E-state index in [9.17, 15) is 4.21 Å². The molecule has 1 radical (unpaired) electrons. The predicted octanol–water partition coefficient (Wildman–Crippen LogP) is 0.665. The molecule has 3 nitrogen and oxygen atoms in total. The fraction of sp³-hybridized carbons (Fsp3) is 1.00. The van der Waals surface area contributed by atoms with Crippen LogP contribution in [0.2, 0.25) is 0 Å². The Morgan fingerprint density at radius 3 is 2.75 bits per heavy atom. The molecule has 0 aliphatic carbocycles. The molecule has 4 heteroatoms. The van der Waals surface area contributed by atoms with Gasteiger partial charge in [-0.25, -0.2) is 4.21 Å². The first-order valence-electron chi connectivity index (χ1n) is 2.53. The maximum atomic E-state index is 9.87. The number of hydrogen-bond donors (Lipinski definition) is 0. The molecule has 0 aliphatic heterocycles. The molecule has 0 aliphatic rings. The van der Waals surface area contributed by atoms with E-state index in [4.69, 9.17) is 5.14 Å². The molecule has 0 aromatic carbocycles. The fourth-order valence-corrected chi connectivity index (χ4v) is 0.548. The fourth-order valence-electron chi connectivity index (χ4n) is 0.279. The highest BCUT2D eigenvalue weighted by atomic mass is 32.2. The van der Waals surface area contributed by atoms with Crippen LogP contribution in [-0.2, 0) is 15.4 Å². The summed E-state index contributed by atoms with van der Waals surface area (Å²) in [6.07, 6.45) is 1.89. The van der Waals surface area contributed by atoms with E-state index < -0.39 is 11.3 Å². The molecule has 0 saturated heterocycles. The van der Waals surface area contributed by atoms with Crippen LogP contribution in [0.25, 0.3) is 0 Å². The molecule has 0 fully saturated rings. The lowest BCUT2D eigenvalue weighted by molar-refractivity contribution is 0.338. The second-order valence-electron chi connectivity index (χ2n) is 1.41. The summed E-state index contributed by atoms with van der Waals surface area (Å²) >= 11 is -1.82. The highest BCUT2D eigenvalue weighted by Crippen LogP contribution is 1.87. The van der Waals surface area contributed by atoms with Gasteiger partial charge in [-0.05, 0) is 6.42 Å². The first-order chi connectivity index (χ1) is 3.77. The van der Waals surface area contributed by atoms with Gasteiger partial charge in [0.2, 0.25) is 11.3 Å². The SMILES string of the molecule is CCCCOS([NH])=O. The van der Waals surface area contributed by atoms with Crippen molar-refractivity contribution >= 4 is 11.3 Å². The van der Waals surface area contributed by atoms with Gasteiger partial charge in [0, 0.05) is 0 Å². The van der Waals surface area contributed by atoms with Crippen molar-refractivity contribution in [3.05, 3.63) is 0 Å². The quantitative estimate of drug-likeness (QED) is 0.533. The summed E-state index contributed by atoms with van der Waals surface area (Å²) in [6.45, 7) is 2.45. The zero-order chi connectivity index (χ0) is 6.41. The van der Waals surface area contributed by atoms with Crippen LogP contribution in [0.15, 0.2) is 0 Å². The highest BCUT2D eigenvalue weighted by Gasteiger charge is 1.88. The van der Waals surface area contributed by atoms with Crippen LogP contribution in [-0.4, -0.2) is 10.8 Å². The van der Waals surface area contributed by atoms with Gasteiger partial charge >= 0.3 is 0 Å². The van der Waals surface area contributed by atoms with E-state index >= 15 is 0 Å². The van der Waals surface area contributed by atoms with Crippen molar-refractivity contribution in [1.82, 2.24) is 5.14 Å². The van der Waals surface area contributed by atoms with E-state index in [1.54, 1.807) is 0 Å². The van der Waals surface area contributed by atoms with Gasteiger partial charge in [0.25, 0.3) is 0 Å². The summed E-state index contributed by atoms with van der Waals surface area (Å²) in [5.74, 6) is 0. The Morgan fingerprint density at radius 2 is 2.38 bits per heavy atom. The normalized spacial score (nSPS) is 13.8. The molecular formula is C4H10NO2S. The Bertz CT molecular complexity index is 76.4. The van der Waals surface area contributed by atoms with E-state index in [1.165, 1.54) is 0 Å². The van der Waals surface area contributed by atoms with Crippen LogP contribution < -0.4 is 5.14 Å². The number of hydrogen-bond acceptors (Lipinski definition) is 2. The highest BCUT2D eigenvalue weighted by molar-refractivity contribution is 7.77. The first kappa shape index (κ1) is 8.07. The molecule has 0 bridgehead atoms.